The van der Waals surface area contributed by atoms with E-state index < -0.39 is 0 Å². The average Bonchev–Trinajstić information content (AvgIpc) is 2.46. The molecule has 2 nitrogen and oxygen atoms in total. The predicted molar refractivity (Wildman–Crippen MR) is 93.5 cm³/mol. The van der Waals surface area contributed by atoms with Crippen LogP contribution in [-0.4, -0.2) is 6.61 Å². The maximum atomic E-state index is 6.19. The molecule has 0 amide bonds. The first-order valence-corrected chi connectivity index (χ1v) is 8.13. The van der Waals surface area contributed by atoms with E-state index in [0.29, 0.717) is 6.61 Å². The van der Waals surface area contributed by atoms with Crippen molar-refractivity contribution in [2.75, 3.05) is 11.9 Å². The molecule has 2 aromatic rings. The van der Waals surface area contributed by atoms with Gasteiger partial charge in [0.15, 0.2) is 0 Å². The zero-order valence-electron chi connectivity index (χ0n) is 12.4. The number of aryl methyl sites for hydroxylation is 1. The van der Waals surface area contributed by atoms with Crippen LogP contribution in [0.25, 0.3) is 0 Å². The van der Waals surface area contributed by atoms with Gasteiger partial charge in [-0.15, -0.1) is 0 Å². The van der Waals surface area contributed by atoms with Crippen LogP contribution in [0.3, 0.4) is 0 Å². The number of nitrogens with one attached hydrogen (secondary N) is 1. The van der Waals surface area contributed by atoms with Gasteiger partial charge in [-0.2, -0.15) is 0 Å². The molecule has 0 heterocycles. The van der Waals surface area contributed by atoms with Crippen LogP contribution in [0.4, 0.5) is 5.69 Å². The fourth-order valence-electron chi connectivity index (χ4n) is 2.09. The van der Waals surface area contributed by atoms with Crippen molar-refractivity contribution >= 4 is 33.2 Å². The van der Waals surface area contributed by atoms with Crippen LogP contribution >= 0.6 is 27.5 Å². The highest BCUT2D eigenvalue weighted by Gasteiger charge is 2.09. The summed E-state index contributed by atoms with van der Waals surface area (Å²) in [5.41, 5.74) is 3.25. The van der Waals surface area contributed by atoms with E-state index in [1.807, 2.05) is 38.1 Å². The SMILES string of the molecule is CCOc1ccc(C(C)Nc2cc(Cl)c(C)cc2Br)cc1. The Bertz CT molecular complexity index is 613. The van der Waals surface area contributed by atoms with Crippen LogP contribution in [0.5, 0.6) is 5.75 Å². The standard InChI is InChI=1S/C17H19BrClNO/c1-4-21-14-7-5-13(6-8-14)12(3)20-17-10-16(19)11(2)9-15(17)18/h5-10,12,20H,4H2,1-3H3. The molecule has 2 rings (SSSR count). The Balaban J connectivity index is 2.14. The molecule has 0 saturated carbocycles. The van der Waals surface area contributed by atoms with Crippen molar-refractivity contribution in [1.29, 1.82) is 0 Å². The van der Waals surface area contributed by atoms with Gasteiger partial charge < -0.3 is 10.1 Å². The Morgan fingerprint density at radius 3 is 2.52 bits per heavy atom. The lowest BCUT2D eigenvalue weighted by molar-refractivity contribution is 0.340. The number of anilines is 1. The van der Waals surface area contributed by atoms with Gasteiger partial charge in [-0.3, -0.25) is 0 Å². The quantitative estimate of drug-likeness (QED) is 0.700. The summed E-state index contributed by atoms with van der Waals surface area (Å²) >= 11 is 9.77. The van der Waals surface area contributed by atoms with Gasteiger partial charge in [-0.25, -0.2) is 0 Å². The molecule has 1 N–H and O–H groups in total. The molecule has 112 valence electrons. The van der Waals surface area contributed by atoms with Crippen LogP contribution in [0.2, 0.25) is 5.02 Å². The van der Waals surface area contributed by atoms with Crippen molar-refractivity contribution in [2.24, 2.45) is 0 Å². The van der Waals surface area contributed by atoms with Gasteiger partial charge in [0.25, 0.3) is 0 Å². The Kier molecular flexibility index (Phi) is 5.54. The molecule has 2 aromatic carbocycles. The Hall–Kier alpha value is -1.19. The molecular weight excluding hydrogens is 350 g/mol. The van der Waals surface area contributed by atoms with Crippen molar-refractivity contribution in [3.8, 4) is 5.75 Å². The van der Waals surface area contributed by atoms with E-state index in [9.17, 15) is 0 Å². The number of hydrogen-bond donors (Lipinski definition) is 1. The molecule has 0 aromatic heterocycles. The summed E-state index contributed by atoms with van der Waals surface area (Å²) < 4.78 is 6.48. The first kappa shape index (κ1) is 16.2. The molecule has 0 saturated heterocycles. The first-order valence-electron chi connectivity index (χ1n) is 6.96. The molecule has 0 aliphatic rings. The summed E-state index contributed by atoms with van der Waals surface area (Å²) in [6, 6.07) is 12.3. The molecule has 1 unspecified atom stereocenters. The number of benzene rings is 2. The second kappa shape index (κ2) is 7.19. The number of rotatable bonds is 5. The van der Waals surface area contributed by atoms with Gasteiger partial charge in [0.05, 0.1) is 12.3 Å². The lowest BCUT2D eigenvalue weighted by Crippen LogP contribution is -2.07. The third kappa shape index (κ3) is 4.14. The highest BCUT2D eigenvalue weighted by atomic mass is 79.9. The van der Waals surface area contributed by atoms with Crippen molar-refractivity contribution < 1.29 is 4.74 Å². The van der Waals surface area contributed by atoms with Crippen molar-refractivity contribution in [2.45, 2.75) is 26.8 Å². The summed E-state index contributed by atoms with van der Waals surface area (Å²) in [5, 5.41) is 4.24. The van der Waals surface area contributed by atoms with Crippen LogP contribution in [-0.2, 0) is 0 Å². The molecule has 0 aliphatic carbocycles. The third-order valence-corrected chi connectivity index (χ3v) is 4.37. The minimum atomic E-state index is 0.177. The molecule has 0 radical (unpaired) electrons. The summed E-state index contributed by atoms with van der Waals surface area (Å²) in [4.78, 5) is 0. The van der Waals surface area contributed by atoms with Gasteiger partial charge >= 0.3 is 0 Å². The normalized spacial score (nSPS) is 12.0. The van der Waals surface area contributed by atoms with E-state index in [4.69, 9.17) is 16.3 Å². The maximum Gasteiger partial charge on any atom is 0.119 e. The monoisotopic (exact) mass is 367 g/mol. The van der Waals surface area contributed by atoms with E-state index in [1.165, 1.54) is 5.56 Å². The van der Waals surface area contributed by atoms with Gasteiger partial charge in [0, 0.05) is 15.5 Å². The molecule has 0 aliphatic heterocycles. The molecule has 0 fully saturated rings. The maximum absolute atomic E-state index is 6.19. The van der Waals surface area contributed by atoms with E-state index in [0.717, 1.165) is 26.5 Å². The van der Waals surface area contributed by atoms with Crippen molar-refractivity contribution in [1.82, 2.24) is 0 Å². The lowest BCUT2D eigenvalue weighted by atomic mass is 10.1. The Labute approximate surface area is 139 Å². The lowest BCUT2D eigenvalue weighted by Gasteiger charge is -2.18. The molecular formula is C17H19BrClNO. The summed E-state index contributed by atoms with van der Waals surface area (Å²) in [6.07, 6.45) is 0. The second-order valence-electron chi connectivity index (χ2n) is 4.95. The van der Waals surface area contributed by atoms with E-state index in [-0.39, 0.29) is 6.04 Å². The number of halogens is 2. The molecule has 1 atom stereocenters. The fourth-order valence-corrected chi connectivity index (χ4v) is 2.83. The zero-order valence-corrected chi connectivity index (χ0v) is 14.8. The minimum absolute atomic E-state index is 0.177. The van der Waals surface area contributed by atoms with Gasteiger partial charge in [0.2, 0.25) is 0 Å². The van der Waals surface area contributed by atoms with Crippen LogP contribution < -0.4 is 10.1 Å². The summed E-state index contributed by atoms with van der Waals surface area (Å²) in [5.74, 6) is 0.896. The second-order valence-corrected chi connectivity index (χ2v) is 6.21. The van der Waals surface area contributed by atoms with Crippen LogP contribution in [0.15, 0.2) is 40.9 Å². The summed E-state index contributed by atoms with van der Waals surface area (Å²) in [6.45, 7) is 6.78. The topological polar surface area (TPSA) is 21.3 Å². The first-order chi connectivity index (χ1) is 10.0. The van der Waals surface area contributed by atoms with E-state index in [2.05, 4.69) is 40.3 Å². The van der Waals surface area contributed by atoms with Gasteiger partial charge in [-0.1, -0.05) is 23.7 Å². The zero-order chi connectivity index (χ0) is 15.4. The predicted octanol–water partition coefficient (Wildman–Crippen LogP) is 5.98. The van der Waals surface area contributed by atoms with Crippen molar-refractivity contribution in [3.63, 3.8) is 0 Å². The van der Waals surface area contributed by atoms with Gasteiger partial charge in [-0.05, 0) is 72.1 Å². The van der Waals surface area contributed by atoms with Crippen molar-refractivity contribution in [3.05, 3.63) is 57.0 Å². The molecule has 0 spiro atoms. The van der Waals surface area contributed by atoms with E-state index >= 15 is 0 Å². The fraction of sp³-hybridized carbons (Fsp3) is 0.294. The molecule has 4 heteroatoms. The molecule has 0 bridgehead atoms. The number of hydrogen-bond acceptors (Lipinski definition) is 2. The molecule has 21 heavy (non-hydrogen) atoms. The highest BCUT2D eigenvalue weighted by Crippen LogP contribution is 2.32. The Morgan fingerprint density at radius 1 is 1.24 bits per heavy atom. The average molecular weight is 369 g/mol. The smallest absolute Gasteiger partial charge is 0.119 e. The largest absolute Gasteiger partial charge is 0.494 e. The minimum Gasteiger partial charge on any atom is -0.494 e. The highest BCUT2D eigenvalue weighted by molar-refractivity contribution is 9.10. The van der Waals surface area contributed by atoms with Crippen LogP contribution in [0.1, 0.15) is 31.0 Å². The third-order valence-electron chi connectivity index (χ3n) is 3.31. The van der Waals surface area contributed by atoms with E-state index in [1.54, 1.807) is 0 Å². The Morgan fingerprint density at radius 2 is 1.90 bits per heavy atom. The van der Waals surface area contributed by atoms with Crippen LogP contribution in [0, 0.1) is 6.92 Å². The number of ether oxygens (including phenoxy) is 1. The van der Waals surface area contributed by atoms with Gasteiger partial charge in [0.1, 0.15) is 5.75 Å². The summed E-state index contributed by atoms with van der Waals surface area (Å²) in [7, 11) is 0.